The molecule has 0 fully saturated rings. The second-order valence-electron chi connectivity index (χ2n) is 4.62. The monoisotopic (exact) mass is 269 g/mol. The van der Waals surface area contributed by atoms with Crippen molar-refractivity contribution >= 4 is 33.6 Å². The quantitative estimate of drug-likeness (QED) is 0.741. The number of aryl methyl sites for hydroxylation is 1. The Morgan fingerprint density at radius 1 is 1.30 bits per heavy atom. The first-order valence-electron chi connectivity index (χ1n) is 6.40. The van der Waals surface area contributed by atoms with Gasteiger partial charge in [0.05, 0.1) is 25.2 Å². The lowest BCUT2D eigenvalue weighted by atomic mass is 10.2. The largest absolute Gasteiger partial charge is 0.469 e. The molecule has 1 aromatic carbocycles. The van der Waals surface area contributed by atoms with Gasteiger partial charge in [0.2, 0.25) is 0 Å². The van der Waals surface area contributed by atoms with Gasteiger partial charge in [-0.3, -0.25) is 4.79 Å². The Kier molecular flexibility index (Phi) is 3.02. The minimum atomic E-state index is -0.223. The predicted molar refractivity (Wildman–Crippen MR) is 78.3 cm³/mol. The van der Waals surface area contributed by atoms with Crippen molar-refractivity contribution < 1.29 is 9.53 Å². The summed E-state index contributed by atoms with van der Waals surface area (Å²) < 4.78 is 6.78. The number of hydrogen-bond donors (Lipinski definition) is 1. The van der Waals surface area contributed by atoms with E-state index in [9.17, 15) is 4.79 Å². The van der Waals surface area contributed by atoms with E-state index in [1.54, 1.807) is 6.20 Å². The second-order valence-corrected chi connectivity index (χ2v) is 4.62. The summed E-state index contributed by atoms with van der Waals surface area (Å²) in [6, 6.07) is 9.91. The van der Waals surface area contributed by atoms with Gasteiger partial charge in [-0.25, -0.2) is 4.98 Å². The molecule has 0 atom stereocenters. The fourth-order valence-electron chi connectivity index (χ4n) is 2.51. The van der Waals surface area contributed by atoms with E-state index in [4.69, 9.17) is 10.5 Å². The number of benzene rings is 1. The second kappa shape index (κ2) is 4.85. The van der Waals surface area contributed by atoms with Crippen LogP contribution in [0.4, 0.5) is 5.82 Å². The third-order valence-electron chi connectivity index (χ3n) is 3.45. The van der Waals surface area contributed by atoms with Crippen LogP contribution in [0.5, 0.6) is 0 Å². The van der Waals surface area contributed by atoms with Gasteiger partial charge in [-0.1, -0.05) is 18.2 Å². The van der Waals surface area contributed by atoms with Crippen LogP contribution < -0.4 is 5.73 Å². The number of ether oxygens (including phenoxy) is 1. The summed E-state index contributed by atoms with van der Waals surface area (Å²) in [5, 5.41) is 2.17. The number of hydrogen-bond acceptors (Lipinski definition) is 4. The van der Waals surface area contributed by atoms with Gasteiger partial charge >= 0.3 is 5.97 Å². The molecule has 0 aliphatic carbocycles. The highest BCUT2D eigenvalue weighted by Crippen LogP contribution is 2.29. The molecular formula is C15H15N3O2. The van der Waals surface area contributed by atoms with Gasteiger partial charge in [-0.2, -0.15) is 0 Å². The van der Waals surface area contributed by atoms with Crippen LogP contribution >= 0.6 is 0 Å². The Balaban J connectivity index is 2.19. The third kappa shape index (κ3) is 1.97. The summed E-state index contributed by atoms with van der Waals surface area (Å²) in [7, 11) is 1.40. The number of esters is 1. The van der Waals surface area contributed by atoms with E-state index in [0.29, 0.717) is 18.8 Å². The molecule has 5 nitrogen and oxygen atoms in total. The average molecular weight is 269 g/mol. The molecular weight excluding hydrogens is 254 g/mol. The first-order valence-corrected chi connectivity index (χ1v) is 6.40. The van der Waals surface area contributed by atoms with Crippen LogP contribution in [0.3, 0.4) is 0 Å². The summed E-state index contributed by atoms with van der Waals surface area (Å²) in [5.41, 5.74) is 7.82. The molecule has 0 radical (unpaired) electrons. The molecule has 3 rings (SSSR count). The molecule has 0 spiro atoms. The number of carbonyl (C=O) groups is 1. The maximum Gasteiger partial charge on any atom is 0.307 e. The van der Waals surface area contributed by atoms with E-state index >= 15 is 0 Å². The van der Waals surface area contributed by atoms with Crippen molar-refractivity contribution in [3.63, 3.8) is 0 Å². The van der Waals surface area contributed by atoms with E-state index in [1.807, 2.05) is 30.3 Å². The van der Waals surface area contributed by atoms with E-state index in [0.717, 1.165) is 21.8 Å². The summed E-state index contributed by atoms with van der Waals surface area (Å²) >= 11 is 0. The minimum absolute atomic E-state index is 0.223. The van der Waals surface area contributed by atoms with E-state index < -0.39 is 0 Å². The van der Waals surface area contributed by atoms with Crippen LogP contribution in [0.25, 0.3) is 21.8 Å². The molecule has 5 heteroatoms. The van der Waals surface area contributed by atoms with Crippen LogP contribution in [0.1, 0.15) is 6.42 Å². The number of pyridine rings is 1. The zero-order chi connectivity index (χ0) is 14.1. The van der Waals surface area contributed by atoms with E-state index in [-0.39, 0.29) is 5.97 Å². The van der Waals surface area contributed by atoms with E-state index in [1.165, 1.54) is 7.11 Å². The van der Waals surface area contributed by atoms with Crippen molar-refractivity contribution in [2.45, 2.75) is 13.0 Å². The number of para-hydroxylation sites is 1. The van der Waals surface area contributed by atoms with Crippen molar-refractivity contribution in [1.82, 2.24) is 9.55 Å². The molecule has 0 aliphatic heterocycles. The molecule has 0 amide bonds. The Morgan fingerprint density at radius 3 is 2.90 bits per heavy atom. The van der Waals surface area contributed by atoms with Crippen LogP contribution in [-0.4, -0.2) is 22.6 Å². The number of methoxy groups -OCH3 is 1. The number of anilines is 1. The number of nitrogens with two attached hydrogens (primary N) is 1. The Bertz CT molecular complexity index is 792. The first kappa shape index (κ1) is 12.5. The summed E-state index contributed by atoms with van der Waals surface area (Å²) in [6.45, 7) is 0.558. The van der Waals surface area contributed by atoms with Crippen molar-refractivity contribution in [2.24, 2.45) is 0 Å². The zero-order valence-corrected chi connectivity index (χ0v) is 11.2. The summed E-state index contributed by atoms with van der Waals surface area (Å²) in [6.07, 6.45) is 2.08. The van der Waals surface area contributed by atoms with Gasteiger partial charge in [0.25, 0.3) is 0 Å². The fraction of sp³-hybridized carbons (Fsp3) is 0.200. The summed E-state index contributed by atoms with van der Waals surface area (Å²) in [4.78, 5) is 15.5. The highest BCUT2D eigenvalue weighted by atomic mass is 16.5. The Morgan fingerprint density at radius 2 is 2.10 bits per heavy atom. The number of nitrogens with zero attached hydrogens (tertiary/aromatic N) is 2. The standard InChI is InChI=1S/C15H15N3O2/c1-20-15(19)6-7-18-12-5-3-2-4-10(12)11-8-14(16)17-9-13(11)18/h2-5,8-9H,6-7H2,1H3,(H2,16,17). The molecule has 0 saturated heterocycles. The van der Waals surface area contributed by atoms with Gasteiger partial charge in [-0.15, -0.1) is 0 Å². The highest BCUT2D eigenvalue weighted by molar-refractivity contribution is 6.08. The molecule has 2 heterocycles. The van der Waals surface area contributed by atoms with E-state index in [2.05, 4.69) is 9.55 Å². The molecule has 20 heavy (non-hydrogen) atoms. The van der Waals surface area contributed by atoms with Crippen molar-refractivity contribution in [2.75, 3.05) is 12.8 Å². The maximum atomic E-state index is 11.4. The van der Waals surface area contributed by atoms with Crippen molar-refractivity contribution in [3.8, 4) is 0 Å². The minimum Gasteiger partial charge on any atom is -0.469 e. The van der Waals surface area contributed by atoms with Crippen LogP contribution in [0.2, 0.25) is 0 Å². The topological polar surface area (TPSA) is 70.1 Å². The molecule has 0 saturated carbocycles. The van der Waals surface area contributed by atoms with Crippen molar-refractivity contribution in [3.05, 3.63) is 36.5 Å². The van der Waals surface area contributed by atoms with Gasteiger partial charge in [-0.05, 0) is 12.1 Å². The predicted octanol–water partition coefficient (Wildman–Crippen LogP) is 2.33. The van der Waals surface area contributed by atoms with Gasteiger partial charge in [0.1, 0.15) is 5.82 Å². The number of aromatic nitrogens is 2. The molecule has 0 unspecified atom stereocenters. The van der Waals surface area contributed by atoms with Crippen molar-refractivity contribution in [1.29, 1.82) is 0 Å². The van der Waals surface area contributed by atoms with Gasteiger partial charge < -0.3 is 15.0 Å². The first-order chi connectivity index (χ1) is 9.70. The molecule has 2 N–H and O–H groups in total. The Labute approximate surface area is 116 Å². The highest BCUT2D eigenvalue weighted by Gasteiger charge is 2.12. The lowest BCUT2D eigenvalue weighted by Gasteiger charge is -2.06. The SMILES string of the molecule is COC(=O)CCn1c2ccccc2c2cc(N)ncc21. The van der Waals surface area contributed by atoms with Crippen LogP contribution in [-0.2, 0) is 16.1 Å². The smallest absolute Gasteiger partial charge is 0.307 e. The number of nitrogen functional groups attached to an aromatic ring is 1. The fourth-order valence-corrected chi connectivity index (χ4v) is 2.51. The lowest BCUT2D eigenvalue weighted by Crippen LogP contribution is -2.06. The normalized spacial score (nSPS) is 11.1. The summed E-state index contributed by atoms with van der Waals surface area (Å²) in [5.74, 6) is 0.271. The number of rotatable bonds is 3. The molecule has 2 aromatic heterocycles. The average Bonchev–Trinajstić information content (AvgIpc) is 2.78. The van der Waals surface area contributed by atoms with Crippen LogP contribution in [0, 0.1) is 0 Å². The maximum absolute atomic E-state index is 11.4. The third-order valence-corrected chi connectivity index (χ3v) is 3.45. The molecule has 0 bridgehead atoms. The number of fused-ring (bicyclic) bond motifs is 3. The Hall–Kier alpha value is -2.56. The molecule has 3 aromatic rings. The number of carbonyl (C=O) groups excluding carboxylic acids is 1. The molecule has 102 valence electrons. The van der Waals surface area contributed by atoms with Crippen LogP contribution in [0.15, 0.2) is 36.5 Å². The molecule has 0 aliphatic rings. The lowest BCUT2D eigenvalue weighted by molar-refractivity contribution is -0.140. The van der Waals surface area contributed by atoms with Gasteiger partial charge in [0.15, 0.2) is 0 Å². The zero-order valence-electron chi connectivity index (χ0n) is 11.2. The van der Waals surface area contributed by atoms with Gasteiger partial charge in [0, 0.05) is 22.8 Å².